The average molecular weight is 708 g/mol. The normalized spacial score (nSPS) is 15.0. The van der Waals surface area contributed by atoms with Crippen LogP contribution in [-0.4, -0.2) is 37.4 Å². The molecule has 0 fully saturated rings. The van der Waals surface area contributed by atoms with Crippen LogP contribution in [-0.2, 0) is 14.3 Å². The highest BCUT2D eigenvalue weighted by atomic mass is 16.5. The van der Waals surface area contributed by atoms with Crippen LogP contribution in [0.2, 0.25) is 0 Å². The summed E-state index contributed by atoms with van der Waals surface area (Å²) in [6.07, 6.45) is 34.2. The van der Waals surface area contributed by atoms with E-state index in [1.165, 1.54) is 128 Å². The summed E-state index contributed by atoms with van der Waals surface area (Å²) in [6, 6.07) is 0. The highest BCUT2D eigenvalue weighted by Gasteiger charge is 2.38. The molecule has 0 saturated heterocycles. The Bertz CT molecular complexity index is 770. The van der Waals surface area contributed by atoms with Gasteiger partial charge in [0.05, 0.1) is 17.8 Å². The summed E-state index contributed by atoms with van der Waals surface area (Å²) in [6.45, 7) is 24.3. The van der Waals surface area contributed by atoms with Gasteiger partial charge in [0, 0.05) is 19.6 Å². The lowest BCUT2D eigenvalue weighted by molar-refractivity contribution is -0.126. The molecule has 0 aromatic carbocycles. The number of nitrogens with one attached hydrogen (secondary N) is 1. The lowest BCUT2D eigenvalue weighted by Crippen LogP contribution is -2.43. The van der Waals surface area contributed by atoms with E-state index in [1.54, 1.807) is 7.11 Å². The zero-order valence-corrected chi connectivity index (χ0v) is 36.3. The van der Waals surface area contributed by atoms with Crippen molar-refractivity contribution in [3.63, 3.8) is 0 Å². The van der Waals surface area contributed by atoms with Gasteiger partial charge in [0.2, 0.25) is 5.91 Å². The predicted molar refractivity (Wildman–Crippen MR) is 221 cm³/mol. The van der Waals surface area contributed by atoms with Crippen LogP contribution in [0.25, 0.3) is 0 Å². The van der Waals surface area contributed by atoms with Gasteiger partial charge in [-0.1, -0.05) is 176 Å². The minimum atomic E-state index is -0.207. The Labute approximate surface area is 315 Å². The molecule has 0 saturated carbocycles. The van der Waals surface area contributed by atoms with Crippen molar-refractivity contribution in [2.45, 2.75) is 254 Å². The maximum absolute atomic E-state index is 13.8. The molecule has 300 valence electrons. The highest BCUT2D eigenvalue weighted by Crippen LogP contribution is 2.44. The third-order valence-electron chi connectivity index (χ3n) is 12.0. The fraction of sp³-hybridized carbons (Fsp3) is 0.978. The summed E-state index contributed by atoms with van der Waals surface area (Å²) in [5.74, 6) is 0.486. The van der Waals surface area contributed by atoms with E-state index in [-0.39, 0.29) is 27.9 Å². The fourth-order valence-electron chi connectivity index (χ4n) is 8.02. The number of unbranched alkanes of at least 4 members (excludes halogenated alkanes) is 18. The minimum Gasteiger partial charge on any atom is -0.379 e. The number of hydrogen-bond donors (Lipinski definition) is 1. The fourth-order valence-corrected chi connectivity index (χ4v) is 8.02. The van der Waals surface area contributed by atoms with Crippen LogP contribution < -0.4 is 5.32 Å². The van der Waals surface area contributed by atoms with E-state index in [0.29, 0.717) is 12.5 Å². The van der Waals surface area contributed by atoms with Crippen molar-refractivity contribution in [2.75, 3.05) is 20.3 Å². The third-order valence-corrected chi connectivity index (χ3v) is 12.0. The van der Waals surface area contributed by atoms with Gasteiger partial charge in [-0.15, -0.1) is 0 Å². The Hall–Kier alpha value is -0.610. The Balaban J connectivity index is 5.08. The number of methoxy groups -OCH3 is 1. The highest BCUT2D eigenvalue weighted by molar-refractivity contribution is 5.78. The molecule has 2 atom stereocenters. The second-order valence-electron chi connectivity index (χ2n) is 18.4. The van der Waals surface area contributed by atoms with Crippen molar-refractivity contribution in [1.82, 2.24) is 5.32 Å². The van der Waals surface area contributed by atoms with Gasteiger partial charge in [0.25, 0.3) is 0 Å². The molecule has 0 aliphatic carbocycles. The van der Waals surface area contributed by atoms with Crippen molar-refractivity contribution < 1.29 is 14.3 Å². The molecular formula is C46H93NO3. The molecule has 0 radical (unpaired) electrons. The van der Waals surface area contributed by atoms with Crippen LogP contribution in [0.5, 0.6) is 0 Å². The number of amides is 1. The molecule has 1 N–H and O–H groups in total. The predicted octanol–water partition coefficient (Wildman–Crippen LogP) is 14.6. The van der Waals surface area contributed by atoms with Crippen LogP contribution in [0.4, 0.5) is 0 Å². The second-order valence-corrected chi connectivity index (χ2v) is 18.4. The molecule has 0 rings (SSSR count). The first-order valence-electron chi connectivity index (χ1n) is 22.2. The van der Waals surface area contributed by atoms with Gasteiger partial charge < -0.3 is 14.8 Å². The molecule has 4 heteroatoms. The molecule has 4 nitrogen and oxygen atoms in total. The number of hydrogen-bond acceptors (Lipinski definition) is 3. The summed E-state index contributed by atoms with van der Waals surface area (Å²) in [5, 5.41) is 3.53. The Morgan fingerprint density at radius 3 is 1.32 bits per heavy atom. The summed E-state index contributed by atoms with van der Waals surface area (Å²) >= 11 is 0. The lowest BCUT2D eigenvalue weighted by atomic mass is 9.66. The van der Waals surface area contributed by atoms with Gasteiger partial charge >= 0.3 is 0 Å². The molecule has 0 bridgehead atoms. The number of rotatable bonds is 36. The maximum Gasteiger partial charge on any atom is 0.223 e. The SMILES string of the molecule is CCCCCCCCCCCCC(CCCCCCCCCCCC)C(=O)NCC(C)(CC)CC(C)(CC)CC(C)(C)OCCC(C)(C)OC. The molecule has 0 aromatic heterocycles. The van der Waals surface area contributed by atoms with Gasteiger partial charge in [0.1, 0.15) is 0 Å². The summed E-state index contributed by atoms with van der Waals surface area (Å²) in [4.78, 5) is 13.8. The molecule has 2 unspecified atom stereocenters. The van der Waals surface area contributed by atoms with Gasteiger partial charge in [0.15, 0.2) is 0 Å². The Morgan fingerprint density at radius 1 is 0.540 bits per heavy atom. The topological polar surface area (TPSA) is 47.6 Å². The van der Waals surface area contributed by atoms with E-state index in [9.17, 15) is 4.79 Å². The molecule has 0 aliphatic rings. The number of carbonyl (C=O) groups is 1. The monoisotopic (exact) mass is 708 g/mol. The lowest BCUT2D eigenvalue weighted by Gasteiger charge is -2.43. The van der Waals surface area contributed by atoms with E-state index in [2.05, 4.69) is 74.6 Å². The number of ether oxygens (including phenoxy) is 2. The van der Waals surface area contributed by atoms with Crippen LogP contribution >= 0.6 is 0 Å². The van der Waals surface area contributed by atoms with Gasteiger partial charge in [-0.25, -0.2) is 0 Å². The molecule has 0 aromatic rings. The first kappa shape index (κ1) is 49.4. The molecular weight excluding hydrogens is 615 g/mol. The van der Waals surface area contributed by atoms with E-state index in [0.717, 1.165) is 51.5 Å². The largest absolute Gasteiger partial charge is 0.379 e. The van der Waals surface area contributed by atoms with Gasteiger partial charge in [-0.2, -0.15) is 0 Å². The third kappa shape index (κ3) is 26.2. The first-order chi connectivity index (χ1) is 23.7. The molecule has 1 amide bonds. The van der Waals surface area contributed by atoms with Crippen LogP contribution in [0.3, 0.4) is 0 Å². The van der Waals surface area contributed by atoms with Crippen molar-refractivity contribution in [3.8, 4) is 0 Å². The Kier molecular flexibility index (Phi) is 28.5. The summed E-state index contributed by atoms with van der Waals surface area (Å²) in [7, 11) is 1.78. The van der Waals surface area contributed by atoms with E-state index >= 15 is 0 Å². The van der Waals surface area contributed by atoms with E-state index in [4.69, 9.17) is 9.47 Å². The quantitative estimate of drug-likeness (QED) is 0.0660. The number of carbonyl (C=O) groups excluding carboxylic acids is 1. The zero-order valence-electron chi connectivity index (χ0n) is 36.3. The summed E-state index contributed by atoms with van der Waals surface area (Å²) < 4.78 is 12.1. The second kappa shape index (κ2) is 28.8. The first-order valence-corrected chi connectivity index (χ1v) is 22.2. The molecule has 50 heavy (non-hydrogen) atoms. The van der Waals surface area contributed by atoms with Crippen LogP contribution in [0, 0.1) is 16.7 Å². The van der Waals surface area contributed by atoms with Gasteiger partial charge in [-0.3, -0.25) is 4.79 Å². The average Bonchev–Trinajstić information content (AvgIpc) is 3.07. The van der Waals surface area contributed by atoms with Crippen molar-refractivity contribution in [2.24, 2.45) is 16.7 Å². The van der Waals surface area contributed by atoms with E-state index < -0.39 is 0 Å². The maximum atomic E-state index is 13.8. The molecule has 0 heterocycles. The zero-order chi connectivity index (χ0) is 37.8. The van der Waals surface area contributed by atoms with E-state index in [1.807, 2.05) is 0 Å². The molecule has 0 spiro atoms. The summed E-state index contributed by atoms with van der Waals surface area (Å²) in [5.41, 5.74) is -0.168. The smallest absolute Gasteiger partial charge is 0.223 e. The molecule has 0 aliphatic heterocycles. The van der Waals surface area contributed by atoms with Crippen molar-refractivity contribution >= 4 is 5.91 Å². The van der Waals surface area contributed by atoms with Crippen molar-refractivity contribution in [1.29, 1.82) is 0 Å². The minimum absolute atomic E-state index is 0.0628. The Morgan fingerprint density at radius 2 is 0.940 bits per heavy atom. The standard InChI is InChI=1S/C46H93NO3/c1-12-16-18-20-22-24-26-28-30-32-34-41(35-33-31-29-27-25-23-21-19-17-13-2)42(48)47-40-46(10,15-4)39-45(9,14-3)38-44(7,8)50-37-36-43(5,6)49-11/h41H,12-40H2,1-11H3,(H,47,48). The van der Waals surface area contributed by atoms with Gasteiger partial charge in [-0.05, 0) is 77.0 Å². The van der Waals surface area contributed by atoms with Crippen LogP contribution in [0.1, 0.15) is 243 Å². The van der Waals surface area contributed by atoms with Crippen LogP contribution in [0.15, 0.2) is 0 Å². The van der Waals surface area contributed by atoms with Crippen molar-refractivity contribution in [3.05, 3.63) is 0 Å².